The average molecular weight is 544 g/mol. The standard InChI is InChI=1S/C23H41N3O8Si2/c1-21(2,3)35(7,8)31-13-14-23(16(33-23)18(28)25-30)17(34-36(9,10)22(4,5)6)19(32-14)26-12-11-15(27)24-20(26)29/h11-12,14,16-17,19,30H,13H2,1-10H3,(H,25,28)(H,24,27,29). The molecule has 0 aromatic carbocycles. The van der Waals surface area contributed by atoms with E-state index in [1.165, 1.54) is 16.8 Å². The van der Waals surface area contributed by atoms with Crippen molar-refractivity contribution in [3.63, 3.8) is 0 Å². The predicted molar refractivity (Wildman–Crippen MR) is 138 cm³/mol. The third-order valence-corrected chi connectivity index (χ3v) is 17.2. The van der Waals surface area contributed by atoms with Gasteiger partial charge in [-0.05, 0) is 36.3 Å². The molecule has 3 heterocycles. The van der Waals surface area contributed by atoms with Crippen molar-refractivity contribution in [2.45, 2.75) is 108 Å². The van der Waals surface area contributed by atoms with Crippen molar-refractivity contribution in [3.05, 3.63) is 33.1 Å². The minimum Gasteiger partial charge on any atom is -0.414 e. The van der Waals surface area contributed by atoms with Crippen LogP contribution < -0.4 is 16.7 Å². The number of ether oxygens (including phenoxy) is 2. The summed E-state index contributed by atoms with van der Waals surface area (Å²) in [6, 6.07) is 1.23. The van der Waals surface area contributed by atoms with Crippen LogP contribution in [-0.4, -0.2) is 67.8 Å². The fourth-order valence-corrected chi connectivity index (χ4v) is 6.14. The van der Waals surface area contributed by atoms with E-state index >= 15 is 0 Å². The molecule has 5 atom stereocenters. The minimum atomic E-state index is -2.49. The Hall–Kier alpha value is -1.62. The molecule has 3 rings (SSSR count). The lowest BCUT2D eigenvalue weighted by Crippen LogP contribution is -2.53. The maximum absolute atomic E-state index is 12.8. The van der Waals surface area contributed by atoms with Crippen molar-refractivity contribution >= 4 is 22.5 Å². The van der Waals surface area contributed by atoms with Gasteiger partial charge in [0.25, 0.3) is 11.5 Å². The Morgan fingerprint density at radius 2 is 1.72 bits per heavy atom. The average Bonchev–Trinajstić information content (AvgIpc) is 3.40. The Balaban J connectivity index is 2.10. The summed E-state index contributed by atoms with van der Waals surface area (Å²) < 4.78 is 26.9. The zero-order valence-electron chi connectivity index (χ0n) is 22.9. The normalized spacial score (nSPS) is 29.0. The lowest BCUT2D eigenvalue weighted by Gasteiger charge is -2.40. The van der Waals surface area contributed by atoms with Crippen molar-refractivity contribution in [1.82, 2.24) is 15.0 Å². The highest BCUT2D eigenvalue weighted by atomic mass is 28.4. The number of aromatic nitrogens is 2. The zero-order valence-corrected chi connectivity index (χ0v) is 24.9. The topological polar surface area (TPSA) is 144 Å². The highest BCUT2D eigenvalue weighted by Crippen LogP contribution is 2.56. The SMILES string of the molecule is CC(C)(C)[Si](C)(C)OCC1OC(n2ccc(=O)[nH]c2=O)C(O[Si](C)(C)C(C)(C)C)C12OC2C(=O)NO. The van der Waals surface area contributed by atoms with Gasteiger partial charge in [0.2, 0.25) is 0 Å². The smallest absolute Gasteiger partial charge is 0.330 e. The maximum atomic E-state index is 12.8. The summed E-state index contributed by atoms with van der Waals surface area (Å²) >= 11 is 0. The first kappa shape index (κ1) is 28.9. The molecular weight excluding hydrogens is 502 g/mol. The van der Waals surface area contributed by atoms with E-state index < -0.39 is 63.9 Å². The number of rotatable bonds is 7. The van der Waals surface area contributed by atoms with Crippen LogP contribution in [0.3, 0.4) is 0 Å². The summed E-state index contributed by atoms with van der Waals surface area (Å²) in [5, 5.41) is 9.10. The molecule has 3 N–H and O–H groups in total. The van der Waals surface area contributed by atoms with E-state index in [1.807, 2.05) is 0 Å². The number of aromatic amines is 1. The number of epoxide rings is 1. The molecule has 0 radical (unpaired) electrons. The van der Waals surface area contributed by atoms with Gasteiger partial charge in [-0.15, -0.1) is 0 Å². The Morgan fingerprint density at radius 3 is 2.22 bits per heavy atom. The van der Waals surface area contributed by atoms with E-state index in [2.05, 4.69) is 72.7 Å². The molecule has 0 saturated carbocycles. The van der Waals surface area contributed by atoms with Gasteiger partial charge in [-0.25, -0.2) is 10.3 Å². The monoisotopic (exact) mass is 543 g/mol. The first-order chi connectivity index (χ1) is 16.3. The molecule has 2 aliphatic heterocycles. The number of carbonyl (C=O) groups is 1. The van der Waals surface area contributed by atoms with Crippen LogP contribution in [0.15, 0.2) is 21.9 Å². The number of amides is 1. The van der Waals surface area contributed by atoms with Crippen LogP contribution in [0.5, 0.6) is 0 Å². The van der Waals surface area contributed by atoms with Gasteiger partial charge in [-0.2, -0.15) is 0 Å². The van der Waals surface area contributed by atoms with Gasteiger partial charge in [-0.3, -0.25) is 24.3 Å². The third kappa shape index (κ3) is 5.06. The van der Waals surface area contributed by atoms with Crippen molar-refractivity contribution in [1.29, 1.82) is 0 Å². The number of hydroxylamine groups is 1. The fourth-order valence-electron chi connectivity index (χ4n) is 3.85. The molecule has 13 heteroatoms. The molecule has 2 saturated heterocycles. The van der Waals surface area contributed by atoms with Gasteiger partial charge < -0.3 is 18.3 Å². The molecule has 0 bridgehead atoms. The first-order valence-electron chi connectivity index (χ1n) is 12.2. The summed E-state index contributed by atoms with van der Waals surface area (Å²) in [5.74, 6) is -0.728. The molecule has 1 amide bonds. The minimum absolute atomic E-state index is 0.0721. The Labute approximate surface area is 213 Å². The van der Waals surface area contributed by atoms with E-state index in [9.17, 15) is 19.6 Å². The van der Waals surface area contributed by atoms with Crippen molar-refractivity contribution in [2.24, 2.45) is 0 Å². The van der Waals surface area contributed by atoms with Gasteiger partial charge in [0.05, 0.1) is 6.61 Å². The number of hydrogen-bond donors (Lipinski definition) is 3. The predicted octanol–water partition coefficient (Wildman–Crippen LogP) is 2.49. The highest BCUT2D eigenvalue weighted by molar-refractivity contribution is 6.74. The van der Waals surface area contributed by atoms with E-state index in [1.54, 1.807) is 5.48 Å². The van der Waals surface area contributed by atoms with E-state index in [4.69, 9.17) is 18.3 Å². The molecular formula is C23H41N3O8Si2. The quantitative estimate of drug-likeness (QED) is 0.206. The first-order valence-corrected chi connectivity index (χ1v) is 18.0. The molecule has 1 spiro atoms. The van der Waals surface area contributed by atoms with Gasteiger partial charge in [0.15, 0.2) is 34.6 Å². The molecule has 1 aromatic rings. The van der Waals surface area contributed by atoms with Crippen molar-refractivity contribution in [2.75, 3.05) is 6.61 Å². The summed E-state index contributed by atoms with van der Waals surface area (Å²) in [6.45, 7) is 21.0. The summed E-state index contributed by atoms with van der Waals surface area (Å²) in [5.41, 5.74) is -0.820. The highest BCUT2D eigenvalue weighted by Gasteiger charge is 2.77. The summed E-state index contributed by atoms with van der Waals surface area (Å²) in [6.07, 6.45) is -2.35. The van der Waals surface area contributed by atoms with Gasteiger partial charge in [-0.1, -0.05) is 41.5 Å². The van der Waals surface area contributed by atoms with Crippen LogP contribution in [0.1, 0.15) is 47.8 Å². The summed E-state index contributed by atoms with van der Waals surface area (Å²) in [7, 11) is -4.71. The summed E-state index contributed by atoms with van der Waals surface area (Å²) in [4.78, 5) is 39.4. The van der Waals surface area contributed by atoms with E-state index in [0.717, 1.165) is 0 Å². The Morgan fingerprint density at radius 1 is 1.14 bits per heavy atom. The van der Waals surface area contributed by atoms with Crippen LogP contribution in [0, 0.1) is 0 Å². The largest absolute Gasteiger partial charge is 0.414 e. The fraction of sp³-hybridized carbons (Fsp3) is 0.783. The molecule has 11 nitrogen and oxygen atoms in total. The number of hydrogen-bond acceptors (Lipinski definition) is 8. The number of nitrogens with zero attached hydrogens (tertiary/aromatic N) is 1. The van der Waals surface area contributed by atoms with Crippen LogP contribution in [-0.2, 0) is 23.1 Å². The molecule has 5 unspecified atom stereocenters. The molecule has 36 heavy (non-hydrogen) atoms. The van der Waals surface area contributed by atoms with Crippen LogP contribution in [0.2, 0.25) is 36.3 Å². The molecule has 0 aliphatic carbocycles. The van der Waals surface area contributed by atoms with E-state index in [0.29, 0.717) is 0 Å². The molecule has 204 valence electrons. The van der Waals surface area contributed by atoms with Gasteiger partial charge >= 0.3 is 5.69 Å². The maximum Gasteiger partial charge on any atom is 0.330 e. The van der Waals surface area contributed by atoms with Crippen molar-refractivity contribution < 1.29 is 28.3 Å². The van der Waals surface area contributed by atoms with Gasteiger partial charge in [0.1, 0.15) is 12.2 Å². The molecule has 2 aliphatic rings. The number of carbonyl (C=O) groups excluding carboxylic acids is 1. The zero-order chi connectivity index (χ0) is 27.5. The third-order valence-electron chi connectivity index (χ3n) is 8.29. The Bertz CT molecular complexity index is 1100. The second-order valence-electron chi connectivity index (χ2n) is 12.7. The molecule has 2 fully saturated rings. The van der Waals surface area contributed by atoms with Gasteiger partial charge in [0, 0.05) is 12.3 Å². The Kier molecular flexibility index (Phi) is 7.47. The van der Waals surface area contributed by atoms with Crippen LogP contribution in [0.25, 0.3) is 0 Å². The van der Waals surface area contributed by atoms with Crippen molar-refractivity contribution in [3.8, 4) is 0 Å². The van der Waals surface area contributed by atoms with Crippen LogP contribution >= 0.6 is 0 Å². The van der Waals surface area contributed by atoms with Crippen LogP contribution in [0.4, 0.5) is 0 Å². The van der Waals surface area contributed by atoms with E-state index in [-0.39, 0.29) is 16.7 Å². The second-order valence-corrected chi connectivity index (χ2v) is 22.3. The second kappa shape index (κ2) is 9.29. The molecule has 1 aromatic heterocycles. The number of nitrogens with one attached hydrogen (secondary N) is 2. The number of H-pyrrole nitrogens is 1. The lowest BCUT2D eigenvalue weighted by molar-refractivity contribution is -0.130. The lowest BCUT2D eigenvalue weighted by atomic mass is 9.93.